The summed E-state index contributed by atoms with van der Waals surface area (Å²) < 4.78 is 22.0. The molecule has 0 aliphatic heterocycles. The summed E-state index contributed by atoms with van der Waals surface area (Å²) in [5.41, 5.74) is 2.07. The van der Waals surface area contributed by atoms with Crippen molar-refractivity contribution in [1.29, 1.82) is 0 Å². The number of pyridine rings is 1. The summed E-state index contributed by atoms with van der Waals surface area (Å²) in [6.45, 7) is 5.02. The van der Waals surface area contributed by atoms with Gasteiger partial charge in [-0.15, -0.1) is 0 Å². The Bertz CT molecular complexity index is 585. The molecule has 7 heteroatoms. The van der Waals surface area contributed by atoms with Gasteiger partial charge in [-0.25, -0.2) is 8.42 Å². The van der Waals surface area contributed by atoms with Gasteiger partial charge in [0.15, 0.2) is 0 Å². The number of carbonyl (C=O) groups is 1. The zero-order valence-corrected chi connectivity index (χ0v) is 13.6. The fourth-order valence-electron chi connectivity index (χ4n) is 1.78. The molecule has 2 N–H and O–H groups in total. The second-order valence-electron chi connectivity index (χ2n) is 5.04. The van der Waals surface area contributed by atoms with Gasteiger partial charge in [0.1, 0.15) is 9.84 Å². The summed E-state index contributed by atoms with van der Waals surface area (Å²) in [5.74, 6) is -0.171. The van der Waals surface area contributed by atoms with Crippen LogP contribution in [-0.4, -0.2) is 44.4 Å². The summed E-state index contributed by atoms with van der Waals surface area (Å²) in [6.07, 6.45) is 4.09. The first-order valence-corrected chi connectivity index (χ1v) is 9.06. The number of amides is 1. The van der Waals surface area contributed by atoms with E-state index in [-0.39, 0.29) is 11.7 Å². The number of nitrogens with one attached hydrogen (secondary N) is 2. The Labute approximate surface area is 126 Å². The molecule has 0 aliphatic carbocycles. The van der Waals surface area contributed by atoms with E-state index in [0.717, 1.165) is 24.3 Å². The molecule has 1 aromatic heterocycles. The first-order chi connectivity index (χ1) is 9.83. The van der Waals surface area contributed by atoms with Gasteiger partial charge in [-0.3, -0.25) is 9.78 Å². The van der Waals surface area contributed by atoms with Gasteiger partial charge in [0.2, 0.25) is 0 Å². The van der Waals surface area contributed by atoms with Gasteiger partial charge in [-0.2, -0.15) is 0 Å². The van der Waals surface area contributed by atoms with Crippen LogP contribution in [0, 0.1) is 6.92 Å². The van der Waals surface area contributed by atoms with E-state index in [0.29, 0.717) is 18.5 Å². The first-order valence-electron chi connectivity index (χ1n) is 7.00. The van der Waals surface area contributed by atoms with Crippen LogP contribution >= 0.6 is 0 Å². The van der Waals surface area contributed by atoms with E-state index in [4.69, 9.17) is 0 Å². The van der Waals surface area contributed by atoms with Crippen molar-refractivity contribution in [2.75, 3.05) is 30.4 Å². The summed E-state index contributed by atoms with van der Waals surface area (Å²) >= 11 is 0. The van der Waals surface area contributed by atoms with Gasteiger partial charge in [0.05, 0.1) is 17.0 Å². The molecule has 0 aromatic carbocycles. The monoisotopic (exact) mass is 313 g/mol. The molecule has 1 rings (SSSR count). The highest BCUT2D eigenvalue weighted by molar-refractivity contribution is 7.90. The fourth-order valence-corrected chi connectivity index (χ4v) is 2.45. The number of aryl methyl sites for hydroxylation is 1. The quantitative estimate of drug-likeness (QED) is 0.708. The number of rotatable bonds is 8. The minimum atomic E-state index is -2.99. The Morgan fingerprint density at radius 3 is 2.67 bits per heavy atom. The molecule has 0 atom stereocenters. The Kier molecular flexibility index (Phi) is 6.61. The molecular weight excluding hydrogens is 290 g/mol. The van der Waals surface area contributed by atoms with Crippen LogP contribution in [0.1, 0.15) is 35.8 Å². The number of nitrogens with zero attached hydrogens (tertiary/aromatic N) is 1. The molecule has 6 nitrogen and oxygen atoms in total. The van der Waals surface area contributed by atoms with Crippen molar-refractivity contribution in [3.05, 3.63) is 23.5 Å². The smallest absolute Gasteiger partial charge is 0.254 e. The number of hydrogen-bond acceptors (Lipinski definition) is 5. The molecule has 1 aromatic rings. The second-order valence-corrected chi connectivity index (χ2v) is 7.30. The van der Waals surface area contributed by atoms with Gasteiger partial charge in [-0.1, -0.05) is 6.92 Å². The molecule has 0 saturated heterocycles. The molecule has 0 saturated carbocycles. The standard InChI is InChI=1S/C14H23N3O3S/c1-4-6-15-13-9-11(2)17-10-12(13)14(18)16-7-5-8-21(3,19)20/h9-10H,4-8H2,1-3H3,(H,15,17)(H,16,18). The van der Waals surface area contributed by atoms with Crippen molar-refractivity contribution in [3.63, 3.8) is 0 Å². The predicted molar refractivity (Wildman–Crippen MR) is 84.4 cm³/mol. The molecule has 1 heterocycles. The molecule has 0 fully saturated rings. The zero-order chi connectivity index (χ0) is 15.9. The maximum Gasteiger partial charge on any atom is 0.254 e. The Morgan fingerprint density at radius 1 is 1.33 bits per heavy atom. The third-order valence-corrected chi connectivity index (χ3v) is 3.86. The van der Waals surface area contributed by atoms with E-state index in [1.165, 1.54) is 6.26 Å². The highest BCUT2D eigenvalue weighted by Gasteiger charge is 2.12. The van der Waals surface area contributed by atoms with Gasteiger partial charge in [0.25, 0.3) is 5.91 Å². The number of sulfone groups is 1. The lowest BCUT2D eigenvalue weighted by Gasteiger charge is -2.12. The van der Waals surface area contributed by atoms with Crippen LogP contribution in [0.25, 0.3) is 0 Å². The normalized spacial score (nSPS) is 11.2. The molecular formula is C14H23N3O3S. The van der Waals surface area contributed by atoms with Crippen LogP contribution in [0.2, 0.25) is 0 Å². The average Bonchev–Trinajstić information content (AvgIpc) is 2.40. The van der Waals surface area contributed by atoms with Crippen LogP contribution in [0.3, 0.4) is 0 Å². The van der Waals surface area contributed by atoms with E-state index in [2.05, 4.69) is 15.6 Å². The highest BCUT2D eigenvalue weighted by Crippen LogP contribution is 2.15. The van der Waals surface area contributed by atoms with Crippen molar-refractivity contribution in [3.8, 4) is 0 Å². The SMILES string of the molecule is CCCNc1cc(C)ncc1C(=O)NCCCS(C)(=O)=O. The molecule has 21 heavy (non-hydrogen) atoms. The Hall–Kier alpha value is -1.63. The maximum absolute atomic E-state index is 12.1. The molecule has 1 amide bonds. The average molecular weight is 313 g/mol. The van der Waals surface area contributed by atoms with E-state index < -0.39 is 9.84 Å². The van der Waals surface area contributed by atoms with Crippen molar-refractivity contribution >= 4 is 21.4 Å². The molecule has 0 unspecified atom stereocenters. The van der Waals surface area contributed by atoms with Crippen LogP contribution in [0.15, 0.2) is 12.3 Å². The summed E-state index contributed by atoms with van der Waals surface area (Å²) in [4.78, 5) is 16.3. The van der Waals surface area contributed by atoms with Crippen LogP contribution in [0.5, 0.6) is 0 Å². The van der Waals surface area contributed by atoms with Crippen molar-refractivity contribution in [2.24, 2.45) is 0 Å². The van der Waals surface area contributed by atoms with Crippen LogP contribution in [0.4, 0.5) is 5.69 Å². The zero-order valence-electron chi connectivity index (χ0n) is 12.8. The number of hydrogen-bond donors (Lipinski definition) is 2. The predicted octanol–water partition coefficient (Wildman–Crippen LogP) is 1.38. The third-order valence-electron chi connectivity index (χ3n) is 2.83. The molecule has 0 radical (unpaired) electrons. The summed E-state index contributed by atoms with van der Waals surface area (Å²) in [6, 6.07) is 1.83. The van der Waals surface area contributed by atoms with Crippen molar-refractivity contribution < 1.29 is 13.2 Å². The summed E-state index contributed by atoms with van der Waals surface area (Å²) in [5, 5.41) is 5.93. The van der Waals surface area contributed by atoms with Crippen LogP contribution < -0.4 is 10.6 Å². The minimum Gasteiger partial charge on any atom is -0.384 e. The van der Waals surface area contributed by atoms with E-state index in [9.17, 15) is 13.2 Å². The Balaban J connectivity index is 2.64. The second kappa shape index (κ2) is 7.97. The summed E-state index contributed by atoms with van der Waals surface area (Å²) in [7, 11) is -2.99. The van der Waals surface area contributed by atoms with Crippen molar-refractivity contribution in [1.82, 2.24) is 10.3 Å². The number of anilines is 1. The molecule has 118 valence electrons. The third kappa shape index (κ3) is 6.57. The fraction of sp³-hybridized carbons (Fsp3) is 0.571. The highest BCUT2D eigenvalue weighted by atomic mass is 32.2. The molecule has 0 aliphatic rings. The van der Waals surface area contributed by atoms with Gasteiger partial charge in [-0.05, 0) is 25.8 Å². The minimum absolute atomic E-state index is 0.0698. The molecule has 0 bridgehead atoms. The van der Waals surface area contributed by atoms with Crippen LogP contribution in [-0.2, 0) is 9.84 Å². The van der Waals surface area contributed by atoms with Gasteiger partial charge >= 0.3 is 0 Å². The van der Waals surface area contributed by atoms with Gasteiger partial charge in [0, 0.05) is 31.2 Å². The Morgan fingerprint density at radius 2 is 2.05 bits per heavy atom. The van der Waals surface area contributed by atoms with E-state index in [1.807, 2.05) is 19.9 Å². The van der Waals surface area contributed by atoms with E-state index in [1.54, 1.807) is 6.20 Å². The lowest BCUT2D eigenvalue weighted by molar-refractivity contribution is 0.0954. The molecule has 0 spiro atoms. The lowest BCUT2D eigenvalue weighted by atomic mass is 10.2. The maximum atomic E-state index is 12.1. The topological polar surface area (TPSA) is 88.2 Å². The number of aromatic nitrogens is 1. The van der Waals surface area contributed by atoms with Gasteiger partial charge < -0.3 is 10.6 Å². The number of carbonyl (C=O) groups excluding carboxylic acids is 1. The lowest BCUT2D eigenvalue weighted by Crippen LogP contribution is -2.27. The first kappa shape index (κ1) is 17.4. The van der Waals surface area contributed by atoms with Crippen molar-refractivity contribution in [2.45, 2.75) is 26.7 Å². The van der Waals surface area contributed by atoms with E-state index >= 15 is 0 Å². The largest absolute Gasteiger partial charge is 0.384 e.